The van der Waals surface area contributed by atoms with E-state index in [1.165, 1.54) is 5.56 Å². The van der Waals surface area contributed by atoms with E-state index in [1.807, 2.05) is 6.20 Å². The maximum absolute atomic E-state index is 5.64. The summed E-state index contributed by atoms with van der Waals surface area (Å²) in [6.07, 6.45) is 2.25. The quantitative estimate of drug-likeness (QED) is 0.883. The third-order valence-corrected chi connectivity index (χ3v) is 3.29. The van der Waals surface area contributed by atoms with Crippen LogP contribution in [0.3, 0.4) is 0 Å². The molecule has 0 bridgehead atoms. The molecule has 1 saturated heterocycles. The van der Waals surface area contributed by atoms with E-state index in [9.17, 15) is 0 Å². The Balaban J connectivity index is 2.03. The number of ether oxygens (including phenoxy) is 1. The predicted octanol–water partition coefficient (Wildman–Crippen LogP) is 1.80. The van der Waals surface area contributed by atoms with Crippen molar-refractivity contribution in [3.8, 4) is 0 Å². The van der Waals surface area contributed by atoms with Crippen molar-refractivity contribution in [1.29, 1.82) is 0 Å². The maximum atomic E-state index is 5.64. The standard InChI is InChI=1S/C14H23N3O/c1-4-15-7-13-5-6-14(16-8-13)17-9-12(3)18-10-11(17)2/h5-6,8,11-12,15H,4,7,9-10H2,1-3H3. The lowest BCUT2D eigenvalue weighted by Crippen LogP contribution is -2.47. The van der Waals surface area contributed by atoms with E-state index in [4.69, 9.17) is 4.74 Å². The molecular weight excluding hydrogens is 226 g/mol. The highest BCUT2D eigenvalue weighted by Crippen LogP contribution is 2.19. The molecule has 1 N–H and O–H groups in total. The number of morpholine rings is 1. The summed E-state index contributed by atoms with van der Waals surface area (Å²) in [5, 5.41) is 3.31. The zero-order chi connectivity index (χ0) is 13.0. The molecule has 1 aliphatic heterocycles. The molecule has 1 aromatic rings. The Hall–Kier alpha value is -1.13. The molecule has 1 fully saturated rings. The van der Waals surface area contributed by atoms with Crippen molar-refractivity contribution in [2.24, 2.45) is 0 Å². The molecule has 4 heteroatoms. The molecule has 2 rings (SSSR count). The van der Waals surface area contributed by atoms with Gasteiger partial charge in [0.25, 0.3) is 0 Å². The molecule has 0 radical (unpaired) electrons. The largest absolute Gasteiger partial charge is 0.375 e. The smallest absolute Gasteiger partial charge is 0.128 e. The minimum Gasteiger partial charge on any atom is -0.375 e. The second-order valence-corrected chi connectivity index (χ2v) is 4.95. The normalized spacial score (nSPS) is 24.3. The van der Waals surface area contributed by atoms with Crippen molar-refractivity contribution in [2.75, 3.05) is 24.6 Å². The Bertz CT molecular complexity index is 366. The van der Waals surface area contributed by atoms with Crippen molar-refractivity contribution in [3.05, 3.63) is 23.9 Å². The molecule has 0 aromatic carbocycles. The van der Waals surface area contributed by atoms with Gasteiger partial charge >= 0.3 is 0 Å². The Morgan fingerprint density at radius 1 is 1.44 bits per heavy atom. The number of nitrogens with zero attached hydrogens (tertiary/aromatic N) is 2. The number of rotatable bonds is 4. The van der Waals surface area contributed by atoms with Gasteiger partial charge in [0.05, 0.1) is 18.8 Å². The van der Waals surface area contributed by atoms with Gasteiger partial charge in [0.1, 0.15) is 5.82 Å². The first-order chi connectivity index (χ1) is 8.70. The van der Waals surface area contributed by atoms with Crippen LogP contribution in [0.1, 0.15) is 26.3 Å². The summed E-state index contributed by atoms with van der Waals surface area (Å²) < 4.78 is 5.64. The van der Waals surface area contributed by atoms with Crippen molar-refractivity contribution in [3.63, 3.8) is 0 Å². The summed E-state index contributed by atoms with van der Waals surface area (Å²) in [6.45, 7) is 9.97. The second kappa shape index (κ2) is 6.16. The first-order valence-corrected chi connectivity index (χ1v) is 6.74. The monoisotopic (exact) mass is 249 g/mol. The van der Waals surface area contributed by atoms with Crippen LogP contribution in [0.5, 0.6) is 0 Å². The maximum Gasteiger partial charge on any atom is 0.128 e. The number of anilines is 1. The van der Waals surface area contributed by atoms with Gasteiger partial charge in [0.15, 0.2) is 0 Å². The number of hydrogen-bond acceptors (Lipinski definition) is 4. The molecule has 0 amide bonds. The number of aromatic nitrogens is 1. The van der Waals surface area contributed by atoms with E-state index in [2.05, 4.69) is 48.1 Å². The number of pyridine rings is 1. The predicted molar refractivity (Wildman–Crippen MR) is 73.8 cm³/mol. The molecule has 1 aromatic heterocycles. The van der Waals surface area contributed by atoms with Crippen molar-refractivity contribution < 1.29 is 4.74 Å². The molecule has 2 unspecified atom stereocenters. The van der Waals surface area contributed by atoms with Crippen LogP contribution in [0.25, 0.3) is 0 Å². The Labute approximate surface area is 109 Å². The van der Waals surface area contributed by atoms with E-state index in [0.717, 1.165) is 32.1 Å². The molecule has 4 nitrogen and oxygen atoms in total. The molecule has 0 saturated carbocycles. The van der Waals surface area contributed by atoms with Crippen molar-refractivity contribution >= 4 is 5.82 Å². The van der Waals surface area contributed by atoms with Crippen LogP contribution in [0.4, 0.5) is 5.82 Å². The molecule has 0 aliphatic carbocycles. The lowest BCUT2D eigenvalue weighted by atomic mass is 10.2. The van der Waals surface area contributed by atoms with Gasteiger partial charge < -0.3 is 15.0 Å². The van der Waals surface area contributed by atoms with Gasteiger partial charge in [0.2, 0.25) is 0 Å². The van der Waals surface area contributed by atoms with Crippen LogP contribution < -0.4 is 10.2 Å². The van der Waals surface area contributed by atoms with Gasteiger partial charge in [-0.1, -0.05) is 13.0 Å². The molecule has 1 aliphatic rings. The van der Waals surface area contributed by atoms with Gasteiger partial charge in [-0.25, -0.2) is 4.98 Å². The summed E-state index contributed by atoms with van der Waals surface area (Å²) in [4.78, 5) is 6.90. The SMILES string of the molecule is CCNCc1ccc(N2CC(C)OCC2C)nc1. The van der Waals surface area contributed by atoms with Crippen molar-refractivity contribution in [2.45, 2.75) is 39.5 Å². The minimum absolute atomic E-state index is 0.282. The summed E-state index contributed by atoms with van der Waals surface area (Å²) in [6, 6.07) is 4.66. The summed E-state index contributed by atoms with van der Waals surface area (Å²) >= 11 is 0. The zero-order valence-corrected chi connectivity index (χ0v) is 11.5. The summed E-state index contributed by atoms with van der Waals surface area (Å²) in [5.74, 6) is 1.05. The Morgan fingerprint density at radius 2 is 2.28 bits per heavy atom. The topological polar surface area (TPSA) is 37.4 Å². The molecular formula is C14H23N3O. The van der Waals surface area contributed by atoms with Crippen molar-refractivity contribution in [1.82, 2.24) is 10.3 Å². The number of nitrogens with one attached hydrogen (secondary N) is 1. The van der Waals surface area contributed by atoms with Gasteiger partial charge in [-0.2, -0.15) is 0 Å². The third kappa shape index (κ3) is 3.21. The summed E-state index contributed by atoms with van der Waals surface area (Å²) in [7, 11) is 0. The van der Waals surface area contributed by atoms with E-state index in [-0.39, 0.29) is 6.10 Å². The average Bonchev–Trinajstić information content (AvgIpc) is 2.40. The highest BCUT2D eigenvalue weighted by molar-refractivity contribution is 5.41. The second-order valence-electron chi connectivity index (χ2n) is 4.95. The van der Waals surface area contributed by atoms with E-state index >= 15 is 0 Å². The van der Waals surface area contributed by atoms with Gasteiger partial charge in [-0.15, -0.1) is 0 Å². The fourth-order valence-electron chi connectivity index (χ4n) is 2.18. The summed E-state index contributed by atoms with van der Waals surface area (Å²) in [5.41, 5.74) is 1.23. The third-order valence-electron chi connectivity index (χ3n) is 3.29. The van der Waals surface area contributed by atoms with E-state index < -0.39 is 0 Å². The minimum atomic E-state index is 0.282. The molecule has 0 spiro atoms. The molecule has 100 valence electrons. The molecule has 2 heterocycles. The van der Waals surface area contributed by atoms with Crippen LogP contribution in [-0.4, -0.2) is 36.8 Å². The van der Waals surface area contributed by atoms with Crippen LogP contribution >= 0.6 is 0 Å². The fourth-order valence-corrected chi connectivity index (χ4v) is 2.18. The fraction of sp³-hybridized carbons (Fsp3) is 0.643. The van der Waals surface area contributed by atoms with Crippen LogP contribution in [0.15, 0.2) is 18.3 Å². The lowest BCUT2D eigenvalue weighted by molar-refractivity contribution is 0.0340. The molecule has 18 heavy (non-hydrogen) atoms. The lowest BCUT2D eigenvalue weighted by Gasteiger charge is -2.37. The zero-order valence-electron chi connectivity index (χ0n) is 11.5. The first kappa shape index (κ1) is 13.3. The highest BCUT2D eigenvalue weighted by atomic mass is 16.5. The Kier molecular flexibility index (Phi) is 4.55. The van der Waals surface area contributed by atoms with E-state index in [1.54, 1.807) is 0 Å². The molecule has 2 atom stereocenters. The van der Waals surface area contributed by atoms with Crippen LogP contribution in [0, 0.1) is 0 Å². The van der Waals surface area contributed by atoms with Crippen LogP contribution in [0.2, 0.25) is 0 Å². The highest BCUT2D eigenvalue weighted by Gasteiger charge is 2.24. The Morgan fingerprint density at radius 3 is 2.94 bits per heavy atom. The number of hydrogen-bond donors (Lipinski definition) is 1. The van der Waals surface area contributed by atoms with Gasteiger partial charge in [0, 0.05) is 19.3 Å². The first-order valence-electron chi connectivity index (χ1n) is 6.74. The van der Waals surface area contributed by atoms with Gasteiger partial charge in [-0.3, -0.25) is 0 Å². The van der Waals surface area contributed by atoms with E-state index in [0.29, 0.717) is 6.04 Å². The van der Waals surface area contributed by atoms with Gasteiger partial charge in [-0.05, 0) is 32.0 Å². The van der Waals surface area contributed by atoms with Crippen LogP contribution in [-0.2, 0) is 11.3 Å². The average molecular weight is 249 g/mol.